The van der Waals surface area contributed by atoms with Gasteiger partial charge < -0.3 is 4.74 Å². The second-order valence-corrected chi connectivity index (χ2v) is 5.67. The number of allylic oxidation sites excluding steroid dienone is 2. The first kappa shape index (κ1) is 14.4. The zero-order valence-corrected chi connectivity index (χ0v) is 11.6. The van der Waals surface area contributed by atoms with E-state index in [0.717, 1.165) is 0 Å². The van der Waals surface area contributed by atoms with Crippen LogP contribution in [0.5, 0.6) is 0 Å². The van der Waals surface area contributed by atoms with Gasteiger partial charge in [0, 0.05) is 0 Å². The highest BCUT2D eigenvalue weighted by Gasteiger charge is 2.37. The molecule has 0 heterocycles. The molecule has 1 rings (SSSR count). The van der Waals surface area contributed by atoms with Gasteiger partial charge in [0.05, 0.1) is 24.9 Å². The van der Waals surface area contributed by atoms with Crippen LogP contribution in [0.1, 0.15) is 33.6 Å². The van der Waals surface area contributed by atoms with Gasteiger partial charge in [0.1, 0.15) is 0 Å². The highest BCUT2D eigenvalue weighted by Crippen LogP contribution is 2.33. The van der Waals surface area contributed by atoms with Crippen LogP contribution in [0.15, 0.2) is 11.1 Å². The topological polar surface area (TPSA) is 52.6 Å². The number of hydrogen-bond donors (Lipinski definition) is 0. The lowest BCUT2D eigenvalue weighted by molar-refractivity contribution is -0.145. The highest BCUT2D eigenvalue weighted by atomic mass is 32.2. The fourth-order valence-electron chi connectivity index (χ4n) is 2.05. The van der Waals surface area contributed by atoms with Gasteiger partial charge in [-0.25, -0.2) is 4.21 Å². The summed E-state index contributed by atoms with van der Waals surface area (Å²) in [5, 5.41) is -0.286. The Balaban J connectivity index is 2.91. The summed E-state index contributed by atoms with van der Waals surface area (Å²) in [7, 11) is 1.36. The van der Waals surface area contributed by atoms with E-state index < -0.39 is 11.1 Å². The molecule has 0 N–H and O–H groups in total. The molecular weight excluding hydrogens is 240 g/mol. The SMILES string of the molecule is CCOS(=O)[C@H]1CC(C)=C(C)C[C@@H]1C(=O)OC. The quantitative estimate of drug-likeness (QED) is 0.573. The van der Waals surface area contributed by atoms with Crippen molar-refractivity contribution >= 4 is 17.0 Å². The molecule has 5 heteroatoms. The predicted molar refractivity (Wildman–Crippen MR) is 66.7 cm³/mol. The lowest BCUT2D eigenvalue weighted by atomic mass is 9.85. The molecule has 0 spiro atoms. The molecule has 1 aliphatic carbocycles. The first-order chi connectivity index (χ1) is 8.01. The molecular formula is C12H20O4S. The zero-order chi connectivity index (χ0) is 13.0. The van der Waals surface area contributed by atoms with Crippen molar-refractivity contribution in [1.29, 1.82) is 0 Å². The summed E-state index contributed by atoms with van der Waals surface area (Å²) in [6.07, 6.45) is 1.25. The van der Waals surface area contributed by atoms with Crippen LogP contribution in [0.3, 0.4) is 0 Å². The molecule has 0 aliphatic heterocycles. The maximum Gasteiger partial charge on any atom is 0.310 e. The first-order valence-corrected chi connectivity index (χ1v) is 6.91. The summed E-state index contributed by atoms with van der Waals surface area (Å²) in [5.41, 5.74) is 2.38. The lowest BCUT2D eigenvalue weighted by Crippen LogP contribution is -2.36. The smallest absolute Gasteiger partial charge is 0.310 e. The van der Waals surface area contributed by atoms with E-state index in [1.165, 1.54) is 18.3 Å². The number of carbonyl (C=O) groups excluding carboxylic acids is 1. The maximum atomic E-state index is 11.9. The van der Waals surface area contributed by atoms with Crippen LogP contribution >= 0.6 is 0 Å². The molecule has 0 radical (unpaired) electrons. The van der Waals surface area contributed by atoms with Gasteiger partial charge in [-0.1, -0.05) is 11.1 Å². The Bertz CT molecular complexity index is 348. The molecule has 0 aromatic rings. The normalized spacial score (nSPS) is 26.8. The molecule has 17 heavy (non-hydrogen) atoms. The number of rotatable bonds is 4. The summed E-state index contributed by atoms with van der Waals surface area (Å²) in [6, 6.07) is 0. The Labute approximate surface area is 105 Å². The summed E-state index contributed by atoms with van der Waals surface area (Å²) in [5.74, 6) is -0.647. The number of hydrogen-bond acceptors (Lipinski definition) is 4. The van der Waals surface area contributed by atoms with Crippen molar-refractivity contribution in [3.05, 3.63) is 11.1 Å². The average molecular weight is 260 g/mol. The number of ether oxygens (including phenoxy) is 1. The number of esters is 1. The molecule has 0 saturated carbocycles. The van der Waals surface area contributed by atoms with Gasteiger partial charge in [0.2, 0.25) is 0 Å². The van der Waals surface area contributed by atoms with Crippen LogP contribution in [-0.2, 0) is 24.8 Å². The predicted octanol–water partition coefficient (Wildman–Crippen LogP) is 1.97. The molecule has 0 fully saturated rings. The Morgan fingerprint density at radius 3 is 2.47 bits per heavy atom. The van der Waals surface area contributed by atoms with E-state index in [0.29, 0.717) is 19.4 Å². The Morgan fingerprint density at radius 1 is 1.35 bits per heavy atom. The van der Waals surface area contributed by atoms with Gasteiger partial charge in [-0.3, -0.25) is 8.98 Å². The number of carbonyl (C=O) groups is 1. The first-order valence-electron chi connectivity index (χ1n) is 5.78. The second kappa shape index (κ2) is 6.31. The molecule has 4 nitrogen and oxygen atoms in total. The Kier molecular flexibility index (Phi) is 5.33. The van der Waals surface area contributed by atoms with Crippen LogP contribution in [0.2, 0.25) is 0 Å². The number of methoxy groups -OCH3 is 1. The fourth-order valence-corrected chi connectivity index (χ4v) is 3.31. The van der Waals surface area contributed by atoms with Crippen LogP contribution in [0.4, 0.5) is 0 Å². The third kappa shape index (κ3) is 3.39. The standard InChI is InChI=1S/C12H20O4S/c1-5-16-17(14)11-7-9(3)8(2)6-10(11)12(13)15-4/h10-11H,5-7H2,1-4H3/t10-,11-,17?/m0/s1. The van der Waals surface area contributed by atoms with Crippen LogP contribution in [0, 0.1) is 5.92 Å². The highest BCUT2D eigenvalue weighted by molar-refractivity contribution is 7.80. The van der Waals surface area contributed by atoms with E-state index in [9.17, 15) is 9.00 Å². The van der Waals surface area contributed by atoms with Crippen molar-refractivity contribution in [3.8, 4) is 0 Å². The molecule has 3 atom stereocenters. The maximum absolute atomic E-state index is 11.9. The molecule has 1 aliphatic rings. The molecule has 0 aromatic heterocycles. The molecule has 0 aromatic carbocycles. The fraction of sp³-hybridized carbons (Fsp3) is 0.750. The zero-order valence-electron chi connectivity index (χ0n) is 10.8. The van der Waals surface area contributed by atoms with E-state index in [1.807, 2.05) is 13.8 Å². The van der Waals surface area contributed by atoms with Crippen molar-refractivity contribution < 1.29 is 17.9 Å². The third-order valence-electron chi connectivity index (χ3n) is 3.20. The van der Waals surface area contributed by atoms with E-state index in [4.69, 9.17) is 8.92 Å². The van der Waals surface area contributed by atoms with Gasteiger partial charge in [-0.15, -0.1) is 0 Å². The monoisotopic (exact) mass is 260 g/mol. The van der Waals surface area contributed by atoms with Gasteiger partial charge in [-0.05, 0) is 33.6 Å². The molecule has 0 bridgehead atoms. The van der Waals surface area contributed by atoms with Crippen molar-refractivity contribution in [1.82, 2.24) is 0 Å². The van der Waals surface area contributed by atoms with Gasteiger partial charge in [0.25, 0.3) is 0 Å². The summed E-state index contributed by atoms with van der Waals surface area (Å²) in [4.78, 5) is 11.7. The minimum atomic E-state index is -1.43. The molecule has 0 amide bonds. The van der Waals surface area contributed by atoms with Crippen molar-refractivity contribution in [2.75, 3.05) is 13.7 Å². The van der Waals surface area contributed by atoms with Crippen molar-refractivity contribution in [2.45, 2.75) is 38.9 Å². The van der Waals surface area contributed by atoms with E-state index >= 15 is 0 Å². The summed E-state index contributed by atoms with van der Waals surface area (Å²) >= 11 is -1.43. The van der Waals surface area contributed by atoms with Gasteiger partial charge in [-0.2, -0.15) is 0 Å². The third-order valence-corrected chi connectivity index (χ3v) is 4.65. The summed E-state index contributed by atoms with van der Waals surface area (Å²) in [6.45, 7) is 6.20. The van der Waals surface area contributed by atoms with Crippen LogP contribution in [-0.4, -0.2) is 29.1 Å². The van der Waals surface area contributed by atoms with Crippen LogP contribution < -0.4 is 0 Å². The average Bonchev–Trinajstić information content (AvgIpc) is 2.31. The van der Waals surface area contributed by atoms with E-state index in [2.05, 4.69) is 0 Å². The van der Waals surface area contributed by atoms with E-state index in [-0.39, 0.29) is 17.1 Å². The second-order valence-electron chi connectivity index (χ2n) is 4.30. The molecule has 1 unspecified atom stereocenters. The lowest BCUT2D eigenvalue weighted by Gasteiger charge is -2.29. The minimum absolute atomic E-state index is 0.286. The van der Waals surface area contributed by atoms with E-state index in [1.54, 1.807) is 6.92 Å². The Hall–Kier alpha value is -0.680. The minimum Gasteiger partial charge on any atom is -0.469 e. The van der Waals surface area contributed by atoms with Crippen LogP contribution in [0.25, 0.3) is 0 Å². The van der Waals surface area contributed by atoms with Gasteiger partial charge >= 0.3 is 5.97 Å². The van der Waals surface area contributed by atoms with Gasteiger partial charge in [0.15, 0.2) is 11.1 Å². The Morgan fingerprint density at radius 2 is 1.94 bits per heavy atom. The largest absolute Gasteiger partial charge is 0.469 e. The molecule has 0 saturated heterocycles. The molecule has 98 valence electrons. The summed E-state index contributed by atoms with van der Waals surface area (Å²) < 4.78 is 21.9. The van der Waals surface area contributed by atoms with Crippen molar-refractivity contribution in [3.63, 3.8) is 0 Å². The van der Waals surface area contributed by atoms with Crippen molar-refractivity contribution in [2.24, 2.45) is 5.92 Å².